The van der Waals surface area contributed by atoms with Gasteiger partial charge in [0.25, 0.3) is 0 Å². The van der Waals surface area contributed by atoms with Gasteiger partial charge in [0.1, 0.15) is 0 Å². The van der Waals surface area contributed by atoms with Gasteiger partial charge in [0.15, 0.2) is 0 Å². The quantitative estimate of drug-likeness (QED) is 0.195. The zero-order valence-electron chi connectivity index (χ0n) is 21.3. The Bertz CT molecular complexity index is 966. The van der Waals surface area contributed by atoms with Gasteiger partial charge in [-0.25, -0.2) is 0 Å². The average Bonchev–Trinajstić information content (AvgIpc) is 2.99. The fourth-order valence-electron chi connectivity index (χ4n) is 4.60. The van der Waals surface area contributed by atoms with Crippen LogP contribution < -0.4 is 0 Å². The van der Waals surface area contributed by atoms with Crippen LogP contribution in [-0.2, 0) is 17.9 Å². The van der Waals surface area contributed by atoms with Gasteiger partial charge in [-0.3, -0.25) is 0 Å². The Morgan fingerprint density at radius 3 is 1.73 bits per heavy atom. The second-order valence-electron chi connectivity index (χ2n) is 9.30. The molecular weight excluding hydrogens is 602 g/mol. The summed E-state index contributed by atoms with van der Waals surface area (Å²) in [4.78, 5) is 4.66. The molecule has 0 unspecified atom stereocenters. The van der Waals surface area contributed by atoms with Crippen molar-refractivity contribution in [3.05, 3.63) is 85.3 Å². The number of hydrogen-bond donors (Lipinski definition) is 0. The van der Waals surface area contributed by atoms with E-state index in [9.17, 15) is 0 Å². The van der Waals surface area contributed by atoms with Crippen molar-refractivity contribution in [2.24, 2.45) is 34.6 Å². The number of benzene rings is 3. The summed E-state index contributed by atoms with van der Waals surface area (Å²) in [5.74, 6) is 4.68. The molecule has 0 aromatic heterocycles. The molecule has 4 rings (SSSR count). The van der Waals surface area contributed by atoms with Crippen molar-refractivity contribution in [1.82, 2.24) is 0 Å². The van der Waals surface area contributed by atoms with E-state index in [1.54, 1.807) is 0 Å². The molecule has 1 nitrogen and oxygen atoms in total. The molecule has 1 aliphatic rings. The molecule has 0 N–H and O–H groups in total. The van der Waals surface area contributed by atoms with Gasteiger partial charge in [-0.1, -0.05) is 88.9 Å². The Balaban J connectivity index is 0.000000356. The SMILES string of the molecule is CC(=Nc1ccc(C)cc1)c1[c-]cc2ccccc2c1.CC1C(C)C(C)C(C)C1C.[CH3-].[Cl][Ir+2]. The Labute approximate surface area is 217 Å². The van der Waals surface area contributed by atoms with E-state index in [0.717, 1.165) is 46.6 Å². The standard InChI is InChI=1S/C19H16N.C10H20.CH3.ClH.Ir/c1-14-7-11-19(12-8-14)20-15(2)17-10-9-16-5-3-4-6-18(16)13-17;1-6-7(2)9(4)10(5)8(6)3;;;/h3-9,11-13H,1-2H3;6-10H,1-5H3;1H3;1H;/q-1;;-1;;+3/p-1. The van der Waals surface area contributed by atoms with Crippen LogP contribution >= 0.6 is 9.58 Å². The predicted octanol–water partition coefficient (Wildman–Crippen LogP) is 9.41. The van der Waals surface area contributed by atoms with Crippen molar-refractivity contribution < 1.29 is 17.9 Å². The maximum atomic E-state index is 4.66. The molecule has 33 heavy (non-hydrogen) atoms. The van der Waals surface area contributed by atoms with E-state index >= 15 is 0 Å². The number of hydrogen-bond acceptors (Lipinski definition) is 1. The maximum absolute atomic E-state index is 4.66. The van der Waals surface area contributed by atoms with Gasteiger partial charge in [-0.2, -0.15) is 0 Å². The Morgan fingerprint density at radius 1 is 0.788 bits per heavy atom. The number of rotatable bonds is 2. The van der Waals surface area contributed by atoms with Crippen LogP contribution in [0, 0.1) is 50.0 Å². The number of fused-ring (bicyclic) bond motifs is 1. The minimum atomic E-state index is 0. The molecule has 3 aromatic carbocycles. The van der Waals surface area contributed by atoms with Crippen molar-refractivity contribution >= 4 is 31.8 Å². The molecule has 0 bridgehead atoms. The van der Waals surface area contributed by atoms with E-state index in [2.05, 4.69) is 98.6 Å². The van der Waals surface area contributed by atoms with Gasteiger partial charge in [-0.15, -0.1) is 29.1 Å². The summed E-state index contributed by atoms with van der Waals surface area (Å²) in [7, 11) is 4.64. The van der Waals surface area contributed by atoms with Gasteiger partial charge in [0, 0.05) is 0 Å². The van der Waals surface area contributed by atoms with E-state index in [-0.39, 0.29) is 7.43 Å². The zero-order chi connectivity index (χ0) is 23.8. The molecule has 1 saturated carbocycles. The minimum absolute atomic E-state index is 0. The van der Waals surface area contributed by atoms with Gasteiger partial charge in [0.05, 0.1) is 5.69 Å². The first-order valence-corrected chi connectivity index (χ1v) is 14.4. The number of aryl methyl sites for hydroxylation is 1. The molecule has 0 spiro atoms. The van der Waals surface area contributed by atoms with E-state index in [4.69, 9.17) is 0 Å². The normalized spacial score (nSPS) is 24.2. The summed E-state index contributed by atoms with van der Waals surface area (Å²) in [6.07, 6.45) is 0. The molecule has 0 aliphatic heterocycles. The molecule has 1 aliphatic carbocycles. The molecule has 0 saturated heterocycles. The number of nitrogens with zero attached hydrogens (tertiary/aromatic N) is 1. The third-order valence-electron chi connectivity index (χ3n) is 7.55. The number of halogens is 1. The van der Waals surface area contributed by atoms with Gasteiger partial charge >= 0.3 is 27.5 Å². The Hall–Kier alpha value is -1.47. The first-order chi connectivity index (χ1) is 15.3. The topological polar surface area (TPSA) is 12.4 Å². The molecule has 0 atom stereocenters. The van der Waals surface area contributed by atoms with Gasteiger partial charge < -0.3 is 12.4 Å². The summed E-state index contributed by atoms with van der Waals surface area (Å²) in [6.45, 7) is 16.1. The molecular formula is C30H39ClIrN. The van der Waals surface area contributed by atoms with Crippen molar-refractivity contribution in [3.63, 3.8) is 0 Å². The summed E-state index contributed by atoms with van der Waals surface area (Å²) in [6, 6.07) is 24.0. The van der Waals surface area contributed by atoms with Crippen LogP contribution in [-0.4, -0.2) is 5.71 Å². The zero-order valence-corrected chi connectivity index (χ0v) is 24.5. The van der Waals surface area contributed by atoms with E-state index in [1.807, 2.05) is 31.2 Å². The monoisotopic (exact) mass is 641 g/mol. The van der Waals surface area contributed by atoms with Crippen LogP contribution in [0.2, 0.25) is 0 Å². The van der Waals surface area contributed by atoms with Crippen molar-refractivity contribution in [1.29, 1.82) is 0 Å². The van der Waals surface area contributed by atoms with Crippen LogP contribution in [0.15, 0.2) is 65.7 Å². The fraction of sp³-hybridized carbons (Fsp3) is 0.400. The van der Waals surface area contributed by atoms with Gasteiger partial charge in [-0.05, 0) is 54.4 Å². The summed E-state index contributed by atoms with van der Waals surface area (Å²) in [5.41, 5.74) is 4.26. The second kappa shape index (κ2) is 14.0. The van der Waals surface area contributed by atoms with Crippen LogP contribution in [0.5, 0.6) is 0 Å². The van der Waals surface area contributed by atoms with E-state index < -0.39 is 0 Å². The van der Waals surface area contributed by atoms with Crippen LogP contribution in [0.4, 0.5) is 5.69 Å². The predicted molar refractivity (Wildman–Crippen MR) is 144 cm³/mol. The fourth-order valence-corrected chi connectivity index (χ4v) is 4.60. The summed E-state index contributed by atoms with van der Waals surface area (Å²) < 4.78 is 0. The van der Waals surface area contributed by atoms with Gasteiger partial charge in [0.2, 0.25) is 0 Å². The van der Waals surface area contributed by atoms with Crippen molar-refractivity contribution in [3.8, 4) is 0 Å². The van der Waals surface area contributed by atoms with Crippen LogP contribution in [0.3, 0.4) is 0 Å². The Kier molecular flexibility index (Phi) is 12.6. The third-order valence-corrected chi connectivity index (χ3v) is 7.55. The second-order valence-corrected chi connectivity index (χ2v) is 9.30. The molecule has 3 aromatic rings. The molecule has 3 heteroatoms. The average molecular weight is 641 g/mol. The molecule has 0 amide bonds. The first-order valence-electron chi connectivity index (χ1n) is 11.4. The molecule has 180 valence electrons. The summed E-state index contributed by atoms with van der Waals surface area (Å²) >= 11 is 1.47. The summed E-state index contributed by atoms with van der Waals surface area (Å²) in [5, 5.41) is 2.43. The van der Waals surface area contributed by atoms with Crippen LogP contribution in [0.1, 0.15) is 52.7 Å². The molecule has 0 heterocycles. The van der Waals surface area contributed by atoms with E-state index in [0.29, 0.717) is 0 Å². The van der Waals surface area contributed by atoms with Crippen molar-refractivity contribution in [2.45, 2.75) is 48.5 Å². The molecule has 1 fully saturated rings. The van der Waals surface area contributed by atoms with Crippen LogP contribution in [0.25, 0.3) is 10.8 Å². The number of aliphatic imine (C=N–C) groups is 1. The molecule has 0 radical (unpaired) electrons. The third kappa shape index (κ3) is 7.78. The first kappa shape index (κ1) is 29.6. The van der Waals surface area contributed by atoms with E-state index in [1.165, 1.54) is 34.2 Å². The Morgan fingerprint density at radius 2 is 1.24 bits per heavy atom. The van der Waals surface area contributed by atoms with Crippen molar-refractivity contribution in [2.75, 3.05) is 0 Å².